The van der Waals surface area contributed by atoms with E-state index in [1.165, 1.54) is 17.8 Å². The van der Waals surface area contributed by atoms with E-state index in [4.69, 9.17) is 9.15 Å². The van der Waals surface area contributed by atoms with Crippen molar-refractivity contribution >= 4 is 40.3 Å². The van der Waals surface area contributed by atoms with Crippen LogP contribution in [-0.2, 0) is 20.9 Å². The second kappa shape index (κ2) is 7.75. The quantitative estimate of drug-likeness (QED) is 0.519. The van der Waals surface area contributed by atoms with Crippen molar-refractivity contribution in [2.45, 2.75) is 37.0 Å². The molecule has 1 atom stereocenters. The maximum atomic E-state index is 12.4. The molecule has 0 saturated heterocycles. The first-order valence-electron chi connectivity index (χ1n) is 9.17. The number of anilines is 1. The van der Waals surface area contributed by atoms with Crippen LogP contribution < -0.4 is 10.9 Å². The highest BCUT2D eigenvalue weighted by molar-refractivity contribution is 8.01. The second-order valence-electron chi connectivity index (χ2n) is 6.98. The number of rotatable bonds is 4. The maximum Gasteiger partial charge on any atom is 0.336 e. The minimum atomic E-state index is -0.556. The van der Waals surface area contributed by atoms with Crippen LogP contribution in [0.2, 0.25) is 0 Å². The van der Waals surface area contributed by atoms with Crippen molar-refractivity contribution in [3.8, 4) is 0 Å². The van der Waals surface area contributed by atoms with Crippen LogP contribution >= 0.6 is 11.8 Å². The molecule has 4 rings (SSSR count). The molecule has 7 heteroatoms. The van der Waals surface area contributed by atoms with E-state index in [-0.39, 0.29) is 18.9 Å². The Hall–Kier alpha value is -3.06. The Kier molecular flexibility index (Phi) is 5.15. The van der Waals surface area contributed by atoms with Gasteiger partial charge in [0, 0.05) is 21.9 Å². The fraction of sp³-hybridized carbons (Fsp3) is 0.227. The van der Waals surface area contributed by atoms with Gasteiger partial charge in [-0.1, -0.05) is 12.1 Å². The van der Waals surface area contributed by atoms with Crippen LogP contribution in [-0.4, -0.2) is 17.1 Å². The Bertz CT molecular complexity index is 1180. The molecular weight excluding hydrogens is 390 g/mol. The van der Waals surface area contributed by atoms with Crippen LogP contribution in [0, 0.1) is 13.8 Å². The number of hydrogen-bond donors (Lipinski definition) is 1. The van der Waals surface area contributed by atoms with E-state index in [1.54, 1.807) is 6.07 Å². The molecule has 3 aromatic rings. The molecule has 1 N–H and O–H groups in total. The SMILES string of the molecule is Cc1cc2oc(=O)cc(COC(=O)C[C@@H]3Sc4ccccc4NC3=O)c2cc1C. The predicted molar refractivity (Wildman–Crippen MR) is 111 cm³/mol. The second-order valence-corrected chi connectivity index (χ2v) is 8.22. The van der Waals surface area contributed by atoms with Crippen LogP contribution in [0.1, 0.15) is 23.1 Å². The summed E-state index contributed by atoms with van der Waals surface area (Å²) >= 11 is 1.35. The Balaban J connectivity index is 1.47. The van der Waals surface area contributed by atoms with Gasteiger partial charge in [-0.15, -0.1) is 11.8 Å². The smallest absolute Gasteiger partial charge is 0.336 e. The summed E-state index contributed by atoms with van der Waals surface area (Å²) in [4.78, 5) is 37.4. The summed E-state index contributed by atoms with van der Waals surface area (Å²) in [6.45, 7) is 3.85. The molecule has 0 aliphatic carbocycles. The van der Waals surface area contributed by atoms with Crippen LogP contribution in [0.15, 0.2) is 56.6 Å². The molecule has 0 radical (unpaired) electrons. The van der Waals surface area contributed by atoms with Gasteiger partial charge in [-0.05, 0) is 49.2 Å². The lowest BCUT2D eigenvalue weighted by atomic mass is 10.0. The van der Waals surface area contributed by atoms with Gasteiger partial charge >= 0.3 is 11.6 Å². The topological polar surface area (TPSA) is 85.6 Å². The van der Waals surface area contributed by atoms with Gasteiger partial charge in [0.15, 0.2) is 0 Å². The number of nitrogens with one attached hydrogen (secondary N) is 1. The average Bonchev–Trinajstić information content (AvgIpc) is 2.68. The summed E-state index contributed by atoms with van der Waals surface area (Å²) < 4.78 is 10.6. The molecule has 6 nitrogen and oxygen atoms in total. The van der Waals surface area contributed by atoms with Gasteiger partial charge in [-0.3, -0.25) is 9.59 Å². The molecule has 0 fully saturated rings. The number of benzene rings is 2. The summed E-state index contributed by atoms with van der Waals surface area (Å²) in [6.07, 6.45) is -0.0532. The number of amides is 1. The Morgan fingerprint density at radius 3 is 2.72 bits per heavy atom. The zero-order valence-electron chi connectivity index (χ0n) is 16.0. The van der Waals surface area contributed by atoms with E-state index < -0.39 is 16.8 Å². The molecule has 2 heterocycles. The summed E-state index contributed by atoms with van der Waals surface area (Å²) in [5, 5.41) is 2.99. The van der Waals surface area contributed by atoms with Crippen LogP contribution in [0.3, 0.4) is 0 Å². The van der Waals surface area contributed by atoms with Gasteiger partial charge in [-0.2, -0.15) is 0 Å². The highest BCUT2D eigenvalue weighted by atomic mass is 32.2. The summed E-state index contributed by atoms with van der Waals surface area (Å²) in [5.41, 5.74) is 3.36. The first kappa shape index (κ1) is 19.3. The third-order valence-electron chi connectivity index (χ3n) is 4.89. The Morgan fingerprint density at radius 1 is 1.14 bits per heavy atom. The van der Waals surface area contributed by atoms with Crippen LogP contribution in [0.4, 0.5) is 5.69 Å². The minimum Gasteiger partial charge on any atom is -0.461 e. The number of esters is 1. The van der Waals surface area contributed by atoms with E-state index in [1.807, 2.05) is 44.2 Å². The molecule has 1 aliphatic heterocycles. The first-order valence-corrected chi connectivity index (χ1v) is 10.0. The lowest BCUT2D eigenvalue weighted by Gasteiger charge is -2.23. The number of fused-ring (bicyclic) bond motifs is 2. The molecule has 1 amide bonds. The van der Waals surface area contributed by atoms with Crippen molar-refractivity contribution in [3.05, 3.63) is 69.6 Å². The number of thioether (sulfide) groups is 1. The molecule has 148 valence electrons. The molecule has 0 unspecified atom stereocenters. The fourth-order valence-electron chi connectivity index (χ4n) is 3.20. The number of para-hydroxylation sites is 1. The van der Waals surface area contributed by atoms with Crippen molar-refractivity contribution < 1.29 is 18.7 Å². The Labute approximate surface area is 171 Å². The fourth-order valence-corrected chi connectivity index (χ4v) is 4.29. The lowest BCUT2D eigenvalue weighted by molar-refractivity contribution is -0.145. The minimum absolute atomic E-state index is 0.0532. The van der Waals surface area contributed by atoms with Gasteiger partial charge in [0.25, 0.3) is 0 Å². The molecule has 1 aromatic heterocycles. The highest BCUT2D eigenvalue weighted by Gasteiger charge is 2.29. The molecule has 2 aromatic carbocycles. The number of aryl methyl sites for hydroxylation is 2. The molecule has 0 saturated carbocycles. The Morgan fingerprint density at radius 2 is 1.90 bits per heavy atom. The average molecular weight is 409 g/mol. The zero-order valence-corrected chi connectivity index (χ0v) is 16.8. The number of carbonyl (C=O) groups is 2. The first-order chi connectivity index (χ1) is 13.9. The van der Waals surface area contributed by atoms with E-state index in [0.717, 1.165) is 27.1 Å². The third kappa shape index (κ3) is 4.05. The van der Waals surface area contributed by atoms with Crippen molar-refractivity contribution in [1.29, 1.82) is 0 Å². The lowest BCUT2D eigenvalue weighted by Crippen LogP contribution is -2.31. The summed E-state index contributed by atoms with van der Waals surface area (Å²) in [7, 11) is 0. The molecule has 1 aliphatic rings. The van der Waals surface area contributed by atoms with Gasteiger partial charge in [0.2, 0.25) is 5.91 Å². The normalized spacial score (nSPS) is 15.7. The zero-order chi connectivity index (χ0) is 20.5. The highest BCUT2D eigenvalue weighted by Crippen LogP contribution is 2.36. The third-order valence-corrected chi connectivity index (χ3v) is 6.17. The van der Waals surface area contributed by atoms with Gasteiger partial charge in [0.05, 0.1) is 17.4 Å². The molecule has 0 bridgehead atoms. The van der Waals surface area contributed by atoms with Crippen LogP contribution in [0.5, 0.6) is 0 Å². The van der Waals surface area contributed by atoms with Crippen molar-refractivity contribution in [1.82, 2.24) is 0 Å². The number of carbonyl (C=O) groups excluding carboxylic acids is 2. The van der Waals surface area contributed by atoms with Gasteiger partial charge in [-0.25, -0.2) is 4.79 Å². The summed E-state index contributed by atoms with van der Waals surface area (Å²) in [6, 6.07) is 12.5. The van der Waals surface area contributed by atoms with Gasteiger partial charge < -0.3 is 14.5 Å². The number of hydrogen-bond acceptors (Lipinski definition) is 6. The van der Waals surface area contributed by atoms with E-state index in [2.05, 4.69) is 5.32 Å². The molecule has 0 spiro atoms. The molecule has 29 heavy (non-hydrogen) atoms. The predicted octanol–water partition coefficient (Wildman–Crippen LogP) is 3.96. The standard InChI is InChI=1S/C22H19NO5S/c1-12-7-15-14(9-21(25)28-17(15)8-13(12)2)11-27-20(24)10-19-22(26)23-16-5-3-4-6-18(16)29-19/h3-9,19H,10-11H2,1-2H3,(H,23,26)/t19-/m0/s1. The number of ether oxygens (including phenoxy) is 1. The molecular formula is C22H19NO5S. The van der Waals surface area contributed by atoms with E-state index in [0.29, 0.717) is 11.1 Å². The van der Waals surface area contributed by atoms with Crippen molar-refractivity contribution in [2.24, 2.45) is 0 Å². The van der Waals surface area contributed by atoms with Crippen molar-refractivity contribution in [3.63, 3.8) is 0 Å². The van der Waals surface area contributed by atoms with Crippen LogP contribution in [0.25, 0.3) is 11.0 Å². The maximum absolute atomic E-state index is 12.4. The monoisotopic (exact) mass is 409 g/mol. The largest absolute Gasteiger partial charge is 0.461 e. The summed E-state index contributed by atoms with van der Waals surface area (Å²) in [5.74, 6) is -0.718. The van der Waals surface area contributed by atoms with Gasteiger partial charge in [0.1, 0.15) is 12.2 Å². The van der Waals surface area contributed by atoms with E-state index >= 15 is 0 Å². The van der Waals surface area contributed by atoms with Crippen molar-refractivity contribution in [2.75, 3.05) is 5.32 Å². The van der Waals surface area contributed by atoms with E-state index in [9.17, 15) is 14.4 Å².